The number of benzene rings is 1. The van der Waals surface area contributed by atoms with Gasteiger partial charge in [-0.15, -0.1) is 0 Å². The summed E-state index contributed by atoms with van der Waals surface area (Å²) in [7, 11) is 3.66. The first-order valence-corrected chi connectivity index (χ1v) is 4.19. The number of aliphatic imine (C=N–C) groups is 1. The van der Waals surface area contributed by atoms with Crippen molar-refractivity contribution in [2.45, 2.75) is 0 Å². The van der Waals surface area contributed by atoms with Crippen LogP contribution in [0.1, 0.15) is 11.1 Å². The molecule has 1 aromatic rings. The Morgan fingerprint density at radius 2 is 2.23 bits per heavy atom. The van der Waals surface area contributed by atoms with Gasteiger partial charge in [0.25, 0.3) is 0 Å². The van der Waals surface area contributed by atoms with Crippen molar-refractivity contribution < 1.29 is 0 Å². The molecule has 0 aliphatic heterocycles. The molecule has 2 nitrogen and oxygen atoms in total. The third-order valence-electron chi connectivity index (χ3n) is 1.88. The quantitative estimate of drug-likeness (QED) is 0.699. The minimum absolute atomic E-state index is 1.08. The van der Waals surface area contributed by atoms with Gasteiger partial charge in [0.05, 0.1) is 0 Å². The van der Waals surface area contributed by atoms with Crippen LogP contribution in [-0.2, 0) is 0 Å². The lowest BCUT2D eigenvalue weighted by Gasteiger charge is -2.07. The van der Waals surface area contributed by atoms with Crippen LogP contribution in [0.15, 0.2) is 29.8 Å². The molecule has 0 amide bonds. The average molecular weight is 174 g/mol. The van der Waals surface area contributed by atoms with Crippen LogP contribution >= 0.6 is 0 Å². The minimum Gasteiger partial charge on any atom is -0.388 e. The van der Waals surface area contributed by atoms with Crippen LogP contribution in [0.2, 0.25) is 0 Å². The van der Waals surface area contributed by atoms with Crippen LogP contribution in [0.4, 0.5) is 5.69 Å². The first-order valence-electron chi connectivity index (χ1n) is 4.19. The highest BCUT2D eigenvalue weighted by Crippen LogP contribution is 2.19. The molecule has 0 saturated heterocycles. The number of hydrogen-bond donors (Lipinski definition) is 1. The van der Waals surface area contributed by atoms with Gasteiger partial charge in [-0.2, -0.15) is 0 Å². The molecule has 0 aromatic heterocycles. The Morgan fingerprint density at radius 3 is 2.77 bits per heavy atom. The predicted octanol–water partition coefficient (Wildman–Crippen LogP) is 2.42. The molecule has 0 aliphatic rings. The summed E-state index contributed by atoms with van der Waals surface area (Å²) in [5, 5.41) is 3.11. The van der Waals surface area contributed by atoms with E-state index in [4.69, 9.17) is 0 Å². The van der Waals surface area contributed by atoms with Crippen molar-refractivity contribution >= 4 is 18.0 Å². The lowest BCUT2D eigenvalue weighted by Crippen LogP contribution is -1.95. The maximum absolute atomic E-state index is 3.99. The zero-order chi connectivity index (χ0) is 9.68. The fourth-order valence-electron chi connectivity index (χ4n) is 1.28. The third-order valence-corrected chi connectivity index (χ3v) is 1.88. The van der Waals surface area contributed by atoms with Crippen molar-refractivity contribution in [3.8, 4) is 0 Å². The fraction of sp³-hybridized carbons (Fsp3) is 0.182. The highest BCUT2D eigenvalue weighted by Gasteiger charge is 2.00. The summed E-state index contributed by atoms with van der Waals surface area (Å²) in [6, 6.07) is 6.03. The Hall–Kier alpha value is -1.57. The molecule has 0 saturated carbocycles. The molecule has 13 heavy (non-hydrogen) atoms. The van der Waals surface area contributed by atoms with Gasteiger partial charge in [0.1, 0.15) is 0 Å². The highest BCUT2D eigenvalue weighted by molar-refractivity contribution is 5.89. The molecule has 0 spiro atoms. The summed E-state index contributed by atoms with van der Waals surface area (Å²) < 4.78 is 0. The molecule has 68 valence electrons. The monoisotopic (exact) mass is 174 g/mol. The Balaban J connectivity index is 3.26. The van der Waals surface area contributed by atoms with Gasteiger partial charge in [0.2, 0.25) is 0 Å². The average Bonchev–Trinajstić information content (AvgIpc) is 2.18. The van der Waals surface area contributed by atoms with Crippen LogP contribution in [-0.4, -0.2) is 20.3 Å². The molecule has 0 fully saturated rings. The molecule has 0 radical (unpaired) electrons. The summed E-state index contributed by atoms with van der Waals surface area (Å²) in [5.74, 6) is 0. The molecular formula is C11H14N2. The number of hydrogen-bond acceptors (Lipinski definition) is 2. The Morgan fingerprint density at radius 1 is 1.46 bits per heavy atom. The van der Waals surface area contributed by atoms with E-state index in [1.165, 1.54) is 0 Å². The molecule has 2 heteroatoms. The van der Waals surface area contributed by atoms with Crippen LogP contribution in [0.5, 0.6) is 0 Å². The summed E-state index contributed by atoms with van der Waals surface area (Å²) >= 11 is 0. The Labute approximate surface area is 79.0 Å². The van der Waals surface area contributed by atoms with E-state index < -0.39 is 0 Å². The van der Waals surface area contributed by atoms with E-state index in [1.807, 2.05) is 37.5 Å². The van der Waals surface area contributed by atoms with Crippen molar-refractivity contribution in [3.05, 3.63) is 35.9 Å². The van der Waals surface area contributed by atoms with Gasteiger partial charge in [0.15, 0.2) is 0 Å². The third kappa shape index (κ3) is 1.96. The number of nitrogens with one attached hydrogen (secondary N) is 1. The van der Waals surface area contributed by atoms with Crippen molar-refractivity contribution in [2.75, 3.05) is 19.4 Å². The van der Waals surface area contributed by atoms with E-state index in [9.17, 15) is 0 Å². The largest absolute Gasteiger partial charge is 0.388 e. The summed E-state index contributed by atoms with van der Waals surface area (Å²) in [5.41, 5.74) is 3.26. The maximum Gasteiger partial charge on any atom is 0.0417 e. The Bertz CT molecular complexity index is 327. The number of anilines is 1. The summed E-state index contributed by atoms with van der Waals surface area (Å²) in [6.45, 7) is 3.78. The SMILES string of the molecule is C=Cc1c(/C=N\C)cccc1NC. The van der Waals surface area contributed by atoms with E-state index >= 15 is 0 Å². The smallest absolute Gasteiger partial charge is 0.0417 e. The fourth-order valence-corrected chi connectivity index (χ4v) is 1.28. The van der Waals surface area contributed by atoms with Crippen LogP contribution in [0.25, 0.3) is 6.08 Å². The molecule has 0 bridgehead atoms. The van der Waals surface area contributed by atoms with Gasteiger partial charge in [-0.25, -0.2) is 0 Å². The van der Waals surface area contributed by atoms with E-state index in [-0.39, 0.29) is 0 Å². The minimum atomic E-state index is 1.08. The number of rotatable bonds is 3. The lowest BCUT2D eigenvalue weighted by atomic mass is 10.1. The zero-order valence-corrected chi connectivity index (χ0v) is 8.04. The zero-order valence-electron chi connectivity index (χ0n) is 8.04. The number of nitrogens with zero attached hydrogens (tertiary/aromatic N) is 1. The Kier molecular flexibility index (Phi) is 3.26. The van der Waals surface area contributed by atoms with Gasteiger partial charge < -0.3 is 5.32 Å². The van der Waals surface area contributed by atoms with Gasteiger partial charge in [-0.05, 0) is 6.07 Å². The summed E-state index contributed by atoms with van der Waals surface area (Å²) in [4.78, 5) is 3.99. The molecule has 0 aliphatic carbocycles. The van der Waals surface area contributed by atoms with Crippen molar-refractivity contribution in [2.24, 2.45) is 4.99 Å². The first-order chi connectivity index (χ1) is 6.33. The second-order valence-electron chi connectivity index (χ2n) is 2.65. The first kappa shape index (κ1) is 9.52. The molecule has 0 atom stereocenters. The van der Waals surface area contributed by atoms with Gasteiger partial charge in [0, 0.05) is 37.1 Å². The lowest BCUT2D eigenvalue weighted by molar-refractivity contribution is 1.44. The second kappa shape index (κ2) is 4.45. The van der Waals surface area contributed by atoms with Gasteiger partial charge >= 0.3 is 0 Å². The van der Waals surface area contributed by atoms with E-state index in [0.717, 1.165) is 16.8 Å². The molecule has 0 heterocycles. The van der Waals surface area contributed by atoms with E-state index in [1.54, 1.807) is 7.05 Å². The highest BCUT2D eigenvalue weighted by atomic mass is 14.8. The molecule has 1 aromatic carbocycles. The maximum atomic E-state index is 3.99. The molecule has 1 N–H and O–H groups in total. The van der Waals surface area contributed by atoms with Crippen LogP contribution in [0, 0.1) is 0 Å². The van der Waals surface area contributed by atoms with E-state index in [0.29, 0.717) is 0 Å². The molecular weight excluding hydrogens is 160 g/mol. The van der Waals surface area contributed by atoms with Crippen molar-refractivity contribution in [1.82, 2.24) is 0 Å². The normalized spacial score (nSPS) is 10.3. The van der Waals surface area contributed by atoms with Crippen LogP contribution in [0.3, 0.4) is 0 Å². The molecule has 0 unspecified atom stereocenters. The second-order valence-corrected chi connectivity index (χ2v) is 2.65. The summed E-state index contributed by atoms with van der Waals surface area (Å²) in [6.07, 6.45) is 3.67. The van der Waals surface area contributed by atoms with E-state index in [2.05, 4.69) is 16.9 Å². The van der Waals surface area contributed by atoms with Crippen molar-refractivity contribution in [1.29, 1.82) is 0 Å². The van der Waals surface area contributed by atoms with Crippen LogP contribution < -0.4 is 5.32 Å². The van der Waals surface area contributed by atoms with Crippen molar-refractivity contribution in [3.63, 3.8) is 0 Å². The van der Waals surface area contributed by atoms with Gasteiger partial charge in [-0.1, -0.05) is 24.8 Å². The molecule has 1 rings (SSSR count). The topological polar surface area (TPSA) is 24.4 Å². The predicted molar refractivity (Wildman–Crippen MR) is 59.6 cm³/mol. The van der Waals surface area contributed by atoms with Gasteiger partial charge in [-0.3, -0.25) is 4.99 Å². The standard InChI is InChI=1S/C11H14N2/c1-4-10-9(8-12-2)6-5-7-11(10)13-3/h4-8,13H,1H2,2-3H3/b12-8-.